The van der Waals surface area contributed by atoms with Gasteiger partial charge in [0, 0.05) is 6.07 Å². The Morgan fingerprint density at radius 2 is 1.92 bits per heavy atom. The lowest BCUT2D eigenvalue weighted by Crippen LogP contribution is -2.30. The Bertz CT molecular complexity index is 964. The second-order valence-electron chi connectivity index (χ2n) is 5.41. The van der Waals surface area contributed by atoms with Crippen LogP contribution in [0.1, 0.15) is 23.0 Å². The van der Waals surface area contributed by atoms with Crippen LogP contribution in [0.15, 0.2) is 53.3 Å². The van der Waals surface area contributed by atoms with E-state index in [1.54, 1.807) is 32.2 Å². The number of hydrogen-bond donors (Lipinski definition) is 0. The van der Waals surface area contributed by atoms with E-state index in [0.717, 1.165) is 5.56 Å². The summed E-state index contributed by atoms with van der Waals surface area (Å²) in [6.07, 6.45) is 0. The van der Waals surface area contributed by atoms with E-state index < -0.39 is 11.5 Å². The van der Waals surface area contributed by atoms with E-state index in [2.05, 4.69) is 4.98 Å². The molecule has 0 amide bonds. The van der Waals surface area contributed by atoms with E-state index in [1.807, 2.05) is 30.3 Å². The van der Waals surface area contributed by atoms with Crippen molar-refractivity contribution in [2.75, 3.05) is 13.7 Å². The lowest BCUT2D eigenvalue weighted by Gasteiger charge is -2.13. The summed E-state index contributed by atoms with van der Waals surface area (Å²) in [4.78, 5) is 29.2. The van der Waals surface area contributed by atoms with Crippen LogP contribution < -0.4 is 10.3 Å². The van der Waals surface area contributed by atoms with E-state index in [0.29, 0.717) is 23.3 Å². The molecule has 0 aliphatic heterocycles. The molecular weight excluding hydrogens is 320 g/mol. The first-order valence-corrected chi connectivity index (χ1v) is 7.93. The molecule has 0 spiro atoms. The predicted octanol–water partition coefficient (Wildman–Crippen LogP) is 2.63. The van der Waals surface area contributed by atoms with E-state index in [1.165, 1.54) is 4.57 Å². The van der Waals surface area contributed by atoms with Gasteiger partial charge in [-0.2, -0.15) is 0 Å². The summed E-state index contributed by atoms with van der Waals surface area (Å²) in [7, 11) is 1.55. The van der Waals surface area contributed by atoms with E-state index in [4.69, 9.17) is 9.47 Å². The molecule has 0 aliphatic carbocycles. The summed E-state index contributed by atoms with van der Waals surface area (Å²) in [5, 5.41) is 0. The molecule has 0 bridgehead atoms. The zero-order valence-corrected chi connectivity index (χ0v) is 14.1. The van der Waals surface area contributed by atoms with Gasteiger partial charge < -0.3 is 14.0 Å². The normalized spacial score (nSPS) is 10.6. The highest BCUT2D eigenvalue weighted by Crippen LogP contribution is 2.19. The summed E-state index contributed by atoms with van der Waals surface area (Å²) >= 11 is 0. The van der Waals surface area contributed by atoms with Crippen molar-refractivity contribution < 1.29 is 14.3 Å². The van der Waals surface area contributed by atoms with Crippen LogP contribution in [0.5, 0.6) is 5.75 Å². The summed E-state index contributed by atoms with van der Waals surface area (Å²) in [5.74, 6) is -0.126. The third kappa shape index (κ3) is 3.38. The van der Waals surface area contributed by atoms with Crippen molar-refractivity contribution in [1.29, 1.82) is 0 Å². The molecule has 25 heavy (non-hydrogen) atoms. The molecule has 0 fully saturated rings. The molecule has 2 aromatic carbocycles. The molecule has 3 aromatic rings. The quantitative estimate of drug-likeness (QED) is 0.669. The average molecular weight is 338 g/mol. The Labute approximate surface area is 144 Å². The second kappa shape index (κ2) is 7.17. The molecule has 6 nitrogen and oxygen atoms in total. The fourth-order valence-corrected chi connectivity index (χ4v) is 2.61. The molecule has 0 aliphatic rings. The number of ether oxygens (including phenoxy) is 2. The number of hydrogen-bond acceptors (Lipinski definition) is 5. The van der Waals surface area contributed by atoms with E-state index in [9.17, 15) is 9.59 Å². The van der Waals surface area contributed by atoms with Gasteiger partial charge in [0.25, 0.3) is 5.56 Å². The molecule has 0 unspecified atom stereocenters. The van der Waals surface area contributed by atoms with Crippen molar-refractivity contribution in [2.45, 2.75) is 13.5 Å². The van der Waals surface area contributed by atoms with Crippen LogP contribution in [-0.4, -0.2) is 29.2 Å². The van der Waals surface area contributed by atoms with Crippen molar-refractivity contribution in [2.24, 2.45) is 0 Å². The fourth-order valence-electron chi connectivity index (χ4n) is 2.61. The van der Waals surface area contributed by atoms with Crippen LogP contribution in [-0.2, 0) is 11.3 Å². The van der Waals surface area contributed by atoms with Gasteiger partial charge in [-0.3, -0.25) is 4.79 Å². The van der Waals surface area contributed by atoms with Crippen LogP contribution in [0, 0.1) is 0 Å². The first-order chi connectivity index (χ1) is 12.1. The third-order valence-electron chi connectivity index (χ3n) is 3.81. The van der Waals surface area contributed by atoms with Gasteiger partial charge in [-0.25, -0.2) is 9.78 Å². The van der Waals surface area contributed by atoms with E-state index >= 15 is 0 Å². The number of fused-ring (bicyclic) bond motifs is 1. The van der Waals surface area contributed by atoms with Crippen molar-refractivity contribution in [3.05, 3.63) is 70.1 Å². The highest BCUT2D eigenvalue weighted by Gasteiger charge is 2.19. The highest BCUT2D eigenvalue weighted by molar-refractivity contribution is 5.89. The molecule has 6 heteroatoms. The number of rotatable bonds is 5. The Morgan fingerprint density at radius 1 is 1.16 bits per heavy atom. The predicted molar refractivity (Wildman–Crippen MR) is 94.1 cm³/mol. The topological polar surface area (TPSA) is 70.4 Å². The van der Waals surface area contributed by atoms with Crippen LogP contribution in [0.25, 0.3) is 11.0 Å². The minimum atomic E-state index is -0.723. The fraction of sp³-hybridized carbons (Fsp3) is 0.211. The molecule has 1 aromatic heterocycles. The maximum Gasteiger partial charge on any atom is 0.362 e. The SMILES string of the molecule is CCOC(=O)c1nc2cc(OC)ccc2n(Cc2ccccc2)c1=O. The molecule has 1 heterocycles. The van der Waals surface area contributed by atoms with Crippen molar-refractivity contribution in [3.8, 4) is 5.75 Å². The van der Waals surface area contributed by atoms with Gasteiger partial charge in [0.15, 0.2) is 0 Å². The summed E-state index contributed by atoms with van der Waals surface area (Å²) < 4.78 is 11.7. The molecule has 3 rings (SSSR count). The van der Waals surface area contributed by atoms with Crippen LogP contribution in [0.3, 0.4) is 0 Å². The zero-order valence-electron chi connectivity index (χ0n) is 14.1. The Balaban J connectivity index is 2.22. The number of carbonyl (C=O) groups excluding carboxylic acids is 1. The molecule has 0 N–H and O–H groups in total. The highest BCUT2D eigenvalue weighted by atomic mass is 16.5. The number of methoxy groups -OCH3 is 1. The van der Waals surface area contributed by atoms with Crippen molar-refractivity contribution in [1.82, 2.24) is 9.55 Å². The minimum absolute atomic E-state index is 0.175. The zero-order chi connectivity index (χ0) is 17.8. The number of nitrogens with zero attached hydrogens (tertiary/aromatic N) is 2. The molecular formula is C19H18N2O4. The van der Waals surface area contributed by atoms with E-state index in [-0.39, 0.29) is 12.3 Å². The summed E-state index contributed by atoms with van der Waals surface area (Å²) in [6.45, 7) is 2.19. The van der Waals surface area contributed by atoms with Gasteiger partial charge in [-0.15, -0.1) is 0 Å². The second-order valence-corrected chi connectivity index (χ2v) is 5.41. The molecule has 128 valence electrons. The van der Waals surface area contributed by atoms with Gasteiger partial charge in [-0.05, 0) is 24.6 Å². The standard InChI is InChI=1S/C19H18N2O4/c1-3-25-19(23)17-18(22)21(12-13-7-5-4-6-8-13)16-10-9-14(24-2)11-15(16)20-17/h4-11H,3,12H2,1-2H3. The van der Waals surface area contributed by atoms with Crippen molar-refractivity contribution >= 4 is 17.0 Å². The Hall–Kier alpha value is -3.15. The van der Waals surface area contributed by atoms with Gasteiger partial charge >= 0.3 is 5.97 Å². The molecule has 0 atom stereocenters. The average Bonchev–Trinajstić information content (AvgIpc) is 2.64. The van der Waals surface area contributed by atoms with Crippen LogP contribution in [0.2, 0.25) is 0 Å². The van der Waals surface area contributed by atoms with Crippen LogP contribution >= 0.6 is 0 Å². The molecule has 0 saturated heterocycles. The maximum atomic E-state index is 12.8. The first kappa shape index (κ1) is 16.7. The summed E-state index contributed by atoms with van der Waals surface area (Å²) in [5.41, 5.74) is 1.38. The monoisotopic (exact) mass is 338 g/mol. The third-order valence-corrected chi connectivity index (χ3v) is 3.81. The molecule has 0 saturated carbocycles. The van der Waals surface area contributed by atoms with Gasteiger partial charge in [0.2, 0.25) is 5.69 Å². The smallest absolute Gasteiger partial charge is 0.362 e. The Kier molecular flexibility index (Phi) is 4.79. The number of esters is 1. The van der Waals surface area contributed by atoms with Crippen LogP contribution in [0.4, 0.5) is 0 Å². The first-order valence-electron chi connectivity index (χ1n) is 7.93. The number of aromatic nitrogens is 2. The van der Waals surface area contributed by atoms with Crippen molar-refractivity contribution in [3.63, 3.8) is 0 Å². The summed E-state index contributed by atoms with van der Waals surface area (Å²) in [6, 6.07) is 14.8. The largest absolute Gasteiger partial charge is 0.497 e. The minimum Gasteiger partial charge on any atom is -0.497 e. The number of benzene rings is 2. The van der Waals surface area contributed by atoms with Gasteiger partial charge in [-0.1, -0.05) is 30.3 Å². The number of carbonyl (C=O) groups is 1. The maximum absolute atomic E-state index is 12.8. The molecule has 0 radical (unpaired) electrons. The Morgan fingerprint density at radius 3 is 2.60 bits per heavy atom. The lowest BCUT2D eigenvalue weighted by atomic mass is 10.2. The lowest BCUT2D eigenvalue weighted by molar-refractivity contribution is 0.0517. The van der Waals surface area contributed by atoms with Gasteiger partial charge in [0.05, 0.1) is 31.3 Å². The van der Waals surface area contributed by atoms with Gasteiger partial charge in [0.1, 0.15) is 5.75 Å².